The molecule has 0 unspecified atom stereocenters. The predicted molar refractivity (Wildman–Crippen MR) is 133 cm³/mol. The lowest BCUT2D eigenvalue weighted by atomic mass is 10.1. The van der Waals surface area contributed by atoms with Crippen molar-refractivity contribution < 1.29 is 19.4 Å². The van der Waals surface area contributed by atoms with E-state index in [9.17, 15) is 14.7 Å². The van der Waals surface area contributed by atoms with Crippen LogP contribution in [0.1, 0.15) is 44.4 Å². The van der Waals surface area contributed by atoms with Gasteiger partial charge in [0, 0.05) is 43.4 Å². The van der Waals surface area contributed by atoms with Crippen molar-refractivity contribution in [1.82, 2.24) is 19.4 Å². The molecule has 0 radical (unpaired) electrons. The number of esters is 1. The Morgan fingerprint density at radius 3 is 2.71 bits per heavy atom. The zero-order valence-electron chi connectivity index (χ0n) is 20.9. The Morgan fingerprint density at radius 2 is 2.09 bits per heavy atom. The van der Waals surface area contributed by atoms with Crippen LogP contribution >= 0.6 is 0 Å². The van der Waals surface area contributed by atoms with E-state index in [0.717, 1.165) is 28.0 Å². The van der Waals surface area contributed by atoms with E-state index in [-0.39, 0.29) is 17.7 Å². The average Bonchev–Trinajstić information content (AvgIpc) is 3.44. The number of aromatic nitrogens is 3. The van der Waals surface area contributed by atoms with Crippen molar-refractivity contribution in [1.29, 1.82) is 0 Å². The van der Waals surface area contributed by atoms with Gasteiger partial charge in [0.1, 0.15) is 18.0 Å². The van der Waals surface area contributed by atoms with Gasteiger partial charge in [-0.2, -0.15) is 0 Å². The molecule has 4 rings (SSSR count). The fraction of sp³-hybridized carbons (Fsp3) is 0.500. The summed E-state index contributed by atoms with van der Waals surface area (Å²) in [5.74, 6) is 0.316. The molecule has 0 amide bonds. The molecule has 1 saturated heterocycles. The minimum atomic E-state index is -0.909. The number of nitrogens with one attached hydrogen (secondary N) is 1. The van der Waals surface area contributed by atoms with Crippen LogP contribution in [-0.2, 0) is 27.9 Å². The van der Waals surface area contributed by atoms with Gasteiger partial charge in [-0.15, -0.1) is 0 Å². The summed E-state index contributed by atoms with van der Waals surface area (Å²) in [5, 5.41) is 13.3. The van der Waals surface area contributed by atoms with Gasteiger partial charge in [-0.25, -0.2) is 4.98 Å². The maximum Gasteiger partial charge on any atom is 0.326 e. The molecule has 1 aromatic carbocycles. The SMILES string of the molecule is Cc1cc(-c2nc3cc(CN[C@H](C(=O)O[C@@H]4CCOC4)[C@H](C)O)ccc3n2C(C)C)cn(C)c1=O. The highest BCUT2D eigenvalue weighted by atomic mass is 16.6. The fourth-order valence-electron chi connectivity index (χ4n) is 4.50. The third kappa shape index (κ3) is 5.32. The number of pyridine rings is 1. The van der Waals surface area contributed by atoms with Crippen molar-refractivity contribution >= 4 is 17.0 Å². The van der Waals surface area contributed by atoms with E-state index < -0.39 is 18.1 Å². The second-order valence-electron chi connectivity index (χ2n) is 9.57. The van der Waals surface area contributed by atoms with Gasteiger partial charge in [-0.05, 0) is 51.5 Å². The number of benzene rings is 1. The molecule has 188 valence electrons. The molecule has 3 aromatic rings. The Morgan fingerprint density at radius 1 is 1.31 bits per heavy atom. The molecule has 3 atom stereocenters. The van der Waals surface area contributed by atoms with Gasteiger partial charge >= 0.3 is 5.97 Å². The molecule has 0 saturated carbocycles. The van der Waals surface area contributed by atoms with Gasteiger partial charge in [0.05, 0.1) is 30.4 Å². The number of rotatable bonds is 8. The van der Waals surface area contributed by atoms with Crippen LogP contribution in [0.2, 0.25) is 0 Å². The van der Waals surface area contributed by atoms with E-state index >= 15 is 0 Å². The quantitative estimate of drug-likeness (QED) is 0.475. The number of nitrogens with zero attached hydrogens (tertiary/aromatic N) is 3. The minimum Gasteiger partial charge on any atom is -0.459 e. The number of aryl methyl sites for hydroxylation is 2. The summed E-state index contributed by atoms with van der Waals surface area (Å²) in [7, 11) is 1.74. The maximum atomic E-state index is 12.6. The highest BCUT2D eigenvalue weighted by molar-refractivity contribution is 5.81. The van der Waals surface area contributed by atoms with E-state index in [1.54, 1.807) is 25.5 Å². The molecule has 9 heteroatoms. The second kappa shape index (κ2) is 10.3. The van der Waals surface area contributed by atoms with Crippen LogP contribution in [0.4, 0.5) is 0 Å². The lowest BCUT2D eigenvalue weighted by Gasteiger charge is -2.22. The van der Waals surface area contributed by atoms with Gasteiger partial charge in [0.25, 0.3) is 5.56 Å². The number of aliphatic hydroxyl groups is 1. The highest BCUT2D eigenvalue weighted by Gasteiger charge is 2.29. The Kier molecular flexibility index (Phi) is 7.39. The third-order valence-corrected chi connectivity index (χ3v) is 6.32. The fourth-order valence-corrected chi connectivity index (χ4v) is 4.50. The standard InChI is InChI=1S/C26H34N4O5/c1-15(2)30-22-7-6-18(12-27-23(17(4)31)26(33)35-20-8-9-34-14-20)11-21(22)28-24(30)19-10-16(3)25(32)29(5)13-19/h6-7,10-11,13,15,17,20,23,27,31H,8-9,12,14H2,1-5H3/t17-,20+,23-/m0/s1. The van der Waals surface area contributed by atoms with Crippen molar-refractivity contribution in [2.45, 2.75) is 65.0 Å². The number of fused-ring (bicyclic) bond motifs is 1. The van der Waals surface area contributed by atoms with Gasteiger partial charge in [0.2, 0.25) is 0 Å². The Bertz CT molecular complexity index is 1240. The number of ether oxygens (including phenoxy) is 2. The topological polar surface area (TPSA) is 108 Å². The summed E-state index contributed by atoms with van der Waals surface area (Å²) >= 11 is 0. The molecule has 0 spiro atoms. The summed E-state index contributed by atoms with van der Waals surface area (Å²) in [4.78, 5) is 29.7. The lowest BCUT2D eigenvalue weighted by Crippen LogP contribution is -2.46. The molecule has 35 heavy (non-hydrogen) atoms. The first kappa shape index (κ1) is 25.1. The Balaban J connectivity index is 1.59. The largest absolute Gasteiger partial charge is 0.459 e. The molecule has 2 aromatic heterocycles. The van der Waals surface area contributed by atoms with Crippen LogP contribution in [-0.4, -0.2) is 56.7 Å². The van der Waals surface area contributed by atoms with Crippen molar-refractivity contribution in [2.24, 2.45) is 7.05 Å². The lowest BCUT2D eigenvalue weighted by molar-refractivity contribution is -0.154. The molecular weight excluding hydrogens is 448 g/mol. The molecule has 1 aliphatic rings. The summed E-state index contributed by atoms with van der Waals surface area (Å²) < 4.78 is 14.5. The van der Waals surface area contributed by atoms with E-state index in [1.165, 1.54) is 0 Å². The zero-order valence-corrected chi connectivity index (χ0v) is 20.9. The van der Waals surface area contributed by atoms with Gasteiger partial charge in [0.15, 0.2) is 0 Å². The number of aliphatic hydroxyl groups excluding tert-OH is 1. The van der Waals surface area contributed by atoms with Gasteiger partial charge in [-0.3, -0.25) is 14.9 Å². The summed E-state index contributed by atoms with van der Waals surface area (Å²) in [6.07, 6.45) is 1.31. The molecule has 2 N–H and O–H groups in total. The highest BCUT2D eigenvalue weighted by Crippen LogP contribution is 2.29. The molecule has 1 aliphatic heterocycles. The van der Waals surface area contributed by atoms with Crippen LogP contribution in [0, 0.1) is 6.92 Å². The zero-order chi connectivity index (χ0) is 25.3. The second-order valence-corrected chi connectivity index (χ2v) is 9.57. The first-order valence-electron chi connectivity index (χ1n) is 12.0. The monoisotopic (exact) mass is 482 g/mol. The number of carbonyl (C=O) groups is 1. The molecular formula is C26H34N4O5. The molecule has 0 bridgehead atoms. The van der Waals surface area contributed by atoms with Gasteiger partial charge < -0.3 is 23.7 Å². The normalized spacial score (nSPS) is 17.7. The number of carbonyl (C=O) groups excluding carboxylic acids is 1. The minimum absolute atomic E-state index is 0.0269. The van der Waals surface area contributed by atoms with Crippen LogP contribution in [0.25, 0.3) is 22.4 Å². The van der Waals surface area contributed by atoms with E-state index in [2.05, 4.69) is 23.7 Å². The Hall–Kier alpha value is -3.01. The molecule has 9 nitrogen and oxygen atoms in total. The first-order valence-corrected chi connectivity index (χ1v) is 12.0. The first-order chi connectivity index (χ1) is 16.7. The van der Waals surface area contributed by atoms with Crippen molar-refractivity contribution in [2.75, 3.05) is 13.2 Å². The van der Waals surface area contributed by atoms with Crippen LogP contribution < -0.4 is 10.9 Å². The number of imidazole rings is 1. The molecule has 3 heterocycles. The van der Waals surface area contributed by atoms with Crippen molar-refractivity contribution in [3.8, 4) is 11.4 Å². The maximum absolute atomic E-state index is 12.6. The molecule has 0 aliphatic carbocycles. The van der Waals surface area contributed by atoms with Crippen LogP contribution in [0.3, 0.4) is 0 Å². The van der Waals surface area contributed by atoms with Crippen LogP contribution in [0.5, 0.6) is 0 Å². The average molecular weight is 483 g/mol. The van der Waals surface area contributed by atoms with Crippen molar-refractivity contribution in [3.05, 3.63) is 51.9 Å². The van der Waals surface area contributed by atoms with Crippen molar-refractivity contribution in [3.63, 3.8) is 0 Å². The van der Waals surface area contributed by atoms with E-state index in [1.807, 2.05) is 30.5 Å². The van der Waals surface area contributed by atoms with Gasteiger partial charge in [-0.1, -0.05) is 6.07 Å². The van der Waals surface area contributed by atoms with Crippen LogP contribution in [0.15, 0.2) is 35.3 Å². The summed E-state index contributed by atoms with van der Waals surface area (Å²) in [5.41, 5.74) is 4.24. The number of hydrogen-bond donors (Lipinski definition) is 2. The smallest absolute Gasteiger partial charge is 0.326 e. The number of hydrogen-bond acceptors (Lipinski definition) is 7. The summed E-state index contributed by atoms with van der Waals surface area (Å²) in [6, 6.07) is 7.17. The third-order valence-electron chi connectivity index (χ3n) is 6.32. The predicted octanol–water partition coefficient (Wildman–Crippen LogP) is 2.46. The van der Waals surface area contributed by atoms with E-state index in [4.69, 9.17) is 14.5 Å². The van der Waals surface area contributed by atoms with E-state index in [0.29, 0.717) is 31.7 Å². The molecule has 1 fully saturated rings. The Labute approximate surface area is 204 Å². The summed E-state index contributed by atoms with van der Waals surface area (Å²) in [6.45, 7) is 8.91.